The molecule has 6 heteroatoms. The first-order valence-corrected chi connectivity index (χ1v) is 9.21. The van der Waals surface area contributed by atoms with Gasteiger partial charge in [0.25, 0.3) is 5.91 Å². The number of fused-ring (bicyclic) bond motifs is 1. The predicted molar refractivity (Wildman–Crippen MR) is 99.7 cm³/mol. The van der Waals surface area contributed by atoms with E-state index in [9.17, 15) is 9.59 Å². The maximum absolute atomic E-state index is 12.6. The van der Waals surface area contributed by atoms with E-state index in [-0.39, 0.29) is 23.1 Å². The zero-order chi connectivity index (χ0) is 17.9. The molecule has 1 aromatic carbocycles. The van der Waals surface area contributed by atoms with Gasteiger partial charge in [0.1, 0.15) is 0 Å². The molecule has 1 aliphatic rings. The van der Waals surface area contributed by atoms with Crippen LogP contribution in [-0.2, 0) is 4.79 Å². The first-order chi connectivity index (χ1) is 11.3. The number of benzene rings is 1. The van der Waals surface area contributed by atoms with E-state index in [4.69, 9.17) is 0 Å². The molecule has 0 saturated heterocycles. The number of amides is 2. The molecule has 5 nitrogen and oxygen atoms in total. The van der Waals surface area contributed by atoms with Gasteiger partial charge in [-0.1, -0.05) is 13.8 Å². The third kappa shape index (κ3) is 4.98. The van der Waals surface area contributed by atoms with Gasteiger partial charge < -0.3 is 15.5 Å². The summed E-state index contributed by atoms with van der Waals surface area (Å²) >= 11 is 1.52. The van der Waals surface area contributed by atoms with Crippen LogP contribution in [0.1, 0.15) is 37.6 Å². The van der Waals surface area contributed by atoms with Crippen molar-refractivity contribution in [3.63, 3.8) is 0 Å². The molecule has 0 aromatic heterocycles. The van der Waals surface area contributed by atoms with E-state index in [1.165, 1.54) is 11.8 Å². The Labute approximate surface area is 148 Å². The Morgan fingerprint density at radius 1 is 1.38 bits per heavy atom. The SMILES string of the molecule is CC(C)C[C@H](CN(C)C)NC(=O)c1ccc2c(c1)NC(=O)[C@H](C)S2. The lowest BCUT2D eigenvalue weighted by Gasteiger charge is -2.25. The minimum Gasteiger partial charge on any atom is -0.348 e. The lowest BCUT2D eigenvalue weighted by molar-refractivity contribution is -0.115. The maximum Gasteiger partial charge on any atom is 0.251 e. The van der Waals surface area contributed by atoms with Crippen LogP contribution in [0, 0.1) is 5.92 Å². The molecule has 2 N–H and O–H groups in total. The number of hydrogen-bond donors (Lipinski definition) is 2. The summed E-state index contributed by atoms with van der Waals surface area (Å²) in [5, 5.41) is 5.89. The largest absolute Gasteiger partial charge is 0.348 e. The number of carbonyl (C=O) groups excluding carboxylic acids is 2. The lowest BCUT2D eigenvalue weighted by atomic mass is 10.0. The molecule has 0 aliphatic carbocycles. The number of anilines is 1. The highest BCUT2D eigenvalue weighted by Gasteiger charge is 2.24. The molecule has 0 radical (unpaired) electrons. The molecule has 0 unspecified atom stereocenters. The fraction of sp³-hybridized carbons (Fsp3) is 0.556. The van der Waals surface area contributed by atoms with E-state index in [1.807, 2.05) is 33.2 Å². The van der Waals surface area contributed by atoms with Crippen molar-refractivity contribution < 1.29 is 9.59 Å². The molecule has 0 bridgehead atoms. The highest BCUT2D eigenvalue weighted by atomic mass is 32.2. The quantitative estimate of drug-likeness (QED) is 0.829. The molecular weight excluding hydrogens is 322 g/mol. The molecular formula is C18H27N3O2S. The zero-order valence-corrected chi connectivity index (χ0v) is 15.9. The van der Waals surface area contributed by atoms with Crippen molar-refractivity contribution in [2.24, 2.45) is 5.92 Å². The molecule has 2 atom stereocenters. The van der Waals surface area contributed by atoms with Crippen molar-refractivity contribution >= 4 is 29.3 Å². The van der Waals surface area contributed by atoms with Gasteiger partial charge in [-0.2, -0.15) is 0 Å². The van der Waals surface area contributed by atoms with Crippen LogP contribution < -0.4 is 10.6 Å². The van der Waals surface area contributed by atoms with Gasteiger partial charge in [0, 0.05) is 23.0 Å². The highest BCUT2D eigenvalue weighted by Crippen LogP contribution is 2.35. The highest BCUT2D eigenvalue weighted by molar-refractivity contribution is 8.00. The topological polar surface area (TPSA) is 61.4 Å². The summed E-state index contributed by atoms with van der Waals surface area (Å²) in [5.74, 6) is 0.398. The van der Waals surface area contributed by atoms with E-state index in [0.29, 0.717) is 11.5 Å². The second-order valence-corrected chi connectivity index (χ2v) is 8.41. The number of hydrogen-bond acceptors (Lipinski definition) is 4. The Morgan fingerprint density at radius 2 is 2.08 bits per heavy atom. The van der Waals surface area contributed by atoms with Crippen LogP contribution in [0.3, 0.4) is 0 Å². The van der Waals surface area contributed by atoms with Gasteiger partial charge in [-0.15, -0.1) is 11.8 Å². The molecule has 132 valence electrons. The predicted octanol–water partition coefficient (Wildman–Crippen LogP) is 2.83. The van der Waals surface area contributed by atoms with Gasteiger partial charge in [0.2, 0.25) is 5.91 Å². The van der Waals surface area contributed by atoms with Crippen molar-refractivity contribution in [2.45, 2.75) is 43.4 Å². The molecule has 0 saturated carbocycles. The Morgan fingerprint density at radius 3 is 2.71 bits per heavy atom. The molecule has 24 heavy (non-hydrogen) atoms. The Hall–Kier alpha value is -1.53. The van der Waals surface area contributed by atoms with E-state index < -0.39 is 0 Å². The number of nitrogens with zero attached hydrogens (tertiary/aromatic N) is 1. The van der Waals surface area contributed by atoms with E-state index in [2.05, 4.69) is 29.4 Å². The van der Waals surface area contributed by atoms with Gasteiger partial charge in [0.05, 0.1) is 10.9 Å². The minimum atomic E-state index is -0.104. The maximum atomic E-state index is 12.6. The second-order valence-electron chi connectivity index (χ2n) is 7.02. The number of nitrogens with one attached hydrogen (secondary N) is 2. The van der Waals surface area contributed by atoms with Crippen LogP contribution in [0.25, 0.3) is 0 Å². The monoisotopic (exact) mass is 349 g/mol. The summed E-state index contributed by atoms with van der Waals surface area (Å²) in [7, 11) is 4.01. The molecule has 2 amide bonds. The van der Waals surface area contributed by atoms with E-state index >= 15 is 0 Å². The van der Waals surface area contributed by atoms with Crippen LogP contribution in [0.15, 0.2) is 23.1 Å². The Bertz CT molecular complexity index is 606. The summed E-state index contributed by atoms with van der Waals surface area (Å²) in [6.45, 7) is 6.99. The summed E-state index contributed by atoms with van der Waals surface area (Å²) in [6.07, 6.45) is 0.930. The van der Waals surface area contributed by atoms with Crippen LogP contribution in [0.2, 0.25) is 0 Å². The number of rotatable bonds is 6. The average Bonchev–Trinajstić information content (AvgIpc) is 2.46. The lowest BCUT2D eigenvalue weighted by Crippen LogP contribution is -2.42. The Kier molecular flexibility index (Phi) is 6.29. The molecule has 2 rings (SSSR count). The average molecular weight is 350 g/mol. The fourth-order valence-corrected chi connectivity index (χ4v) is 3.74. The Balaban J connectivity index is 2.11. The fourth-order valence-electron chi connectivity index (χ4n) is 2.81. The first kappa shape index (κ1) is 18.8. The normalized spacial score (nSPS) is 18.3. The van der Waals surface area contributed by atoms with E-state index in [0.717, 1.165) is 23.5 Å². The minimum absolute atomic E-state index is 0.0182. The summed E-state index contributed by atoms with van der Waals surface area (Å²) < 4.78 is 0. The van der Waals surface area contributed by atoms with Crippen molar-refractivity contribution in [2.75, 3.05) is 26.0 Å². The molecule has 1 aromatic rings. The van der Waals surface area contributed by atoms with Crippen LogP contribution in [0.4, 0.5) is 5.69 Å². The smallest absolute Gasteiger partial charge is 0.251 e. The molecule has 1 aliphatic heterocycles. The number of carbonyl (C=O) groups is 2. The zero-order valence-electron chi connectivity index (χ0n) is 15.1. The third-order valence-corrected chi connectivity index (χ3v) is 5.03. The summed E-state index contributed by atoms with van der Waals surface area (Å²) in [6, 6.07) is 5.61. The molecule has 1 heterocycles. The van der Waals surface area contributed by atoms with Gasteiger partial charge in [-0.05, 0) is 51.6 Å². The van der Waals surface area contributed by atoms with E-state index in [1.54, 1.807) is 6.07 Å². The number of likely N-dealkylation sites (N-methyl/N-ethyl adjacent to an activating group) is 1. The van der Waals surface area contributed by atoms with Gasteiger partial charge >= 0.3 is 0 Å². The van der Waals surface area contributed by atoms with Gasteiger partial charge in [-0.3, -0.25) is 9.59 Å². The number of thioether (sulfide) groups is 1. The first-order valence-electron chi connectivity index (χ1n) is 8.33. The standard InChI is InChI=1S/C18H27N3O2S/c1-11(2)8-14(10-21(4)5)19-18(23)13-6-7-16-15(9-13)20-17(22)12(3)24-16/h6-7,9,11-12,14H,8,10H2,1-5H3,(H,19,23)(H,20,22)/t12-,14+/m0/s1. The summed E-state index contributed by atoms with van der Waals surface area (Å²) in [5.41, 5.74) is 1.31. The second kappa shape index (κ2) is 8.03. The van der Waals surface area contributed by atoms with Crippen molar-refractivity contribution in [1.29, 1.82) is 0 Å². The van der Waals surface area contributed by atoms with Crippen molar-refractivity contribution in [3.8, 4) is 0 Å². The summed E-state index contributed by atoms with van der Waals surface area (Å²) in [4.78, 5) is 27.5. The van der Waals surface area contributed by atoms with Crippen molar-refractivity contribution in [3.05, 3.63) is 23.8 Å². The molecule has 0 fully saturated rings. The van der Waals surface area contributed by atoms with Crippen LogP contribution in [0.5, 0.6) is 0 Å². The third-order valence-electron chi connectivity index (χ3n) is 3.85. The van der Waals surface area contributed by atoms with Crippen LogP contribution >= 0.6 is 11.8 Å². The van der Waals surface area contributed by atoms with Crippen molar-refractivity contribution in [1.82, 2.24) is 10.2 Å². The van der Waals surface area contributed by atoms with Crippen LogP contribution in [-0.4, -0.2) is 48.6 Å². The van der Waals surface area contributed by atoms with Gasteiger partial charge in [0.15, 0.2) is 0 Å². The van der Waals surface area contributed by atoms with Gasteiger partial charge in [-0.25, -0.2) is 0 Å². The molecule has 0 spiro atoms.